The highest BCUT2D eigenvalue weighted by molar-refractivity contribution is 9.10. The standard InChI is InChI=1S/C14H16BrClN2O3/c1-21-9-12(19)17-5-7-18(8-6-17)14(20)10-3-2-4-11(15)13(10)16/h2-4H,5-9H2,1H3. The van der Waals surface area contributed by atoms with Crippen LogP contribution in [0.3, 0.4) is 0 Å². The van der Waals surface area contributed by atoms with E-state index in [9.17, 15) is 9.59 Å². The molecule has 0 unspecified atom stereocenters. The summed E-state index contributed by atoms with van der Waals surface area (Å²) in [6.45, 7) is 2.10. The van der Waals surface area contributed by atoms with Crippen molar-refractivity contribution >= 4 is 39.3 Å². The second kappa shape index (κ2) is 7.24. The molecule has 5 nitrogen and oxygen atoms in total. The number of methoxy groups -OCH3 is 1. The van der Waals surface area contributed by atoms with E-state index >= 15 is 0 Å². The first kappa shape index (κ1) is 16.3. The molecule has 1 heterocycles. The van der Waals surface area contributed by atoms with Crippen molar-refractivity contribution in [3.63, 3.8) is 0 Å². The van der Waals surface area contributed by atoms with Crippen LogP contribution in [0.4, 0.5) is 0 Å². The Labute approximate surface area is 136 Å². The van der Waals surface area contributed by atoms with Crippen molar-refractivity contribution in [1.82, 2.24) is 9.80 Å². The van der Waals surface area contributed by atoms with Gasteiger partial charge in [0.15, 0.2) is 0 Å². The SMILES string of the molecule is COCC(=O)N1CCN(C(=O)c2cccc(Br)c2Cl)CC1. The molecule has 1 fully saturated rings. The summed E-state index contributed by atoms with van der Waals surface area (Å²) in [7, 11) is 1.49. The summed E-state index contributed by atoms with van der Waals surface area (Å²) < 4.78 is 5.53. The molecule has 0 saturated carbocycles. The van der Waals surface area contributed by atoms with Gasteiger partial charge in [-0.2, -0.15) is 0 Å². The summed E-state index contributed by atoms with van der Waals surface area (Å²) in [6.07, 6.45) is 0. The molecule has 0 atom stereocenters. The Morgan fingerprint density at radius 2 is 1.86 bits per heavy atom. The highest BCUT2D eigenvalue weighted by atomic mass is 79.9. The zero-order chi connectivity index (χ0) is 15.4. The largest absolute Gasteiger partial charge is 0.375 e. The fourth-order valence-electron chi connectivity index (χ4n) is 2.21. The Kier molecular flexibility index (Phi) is 5.61. The van der Waals surface area contributed by atoms with Crippen LogP contribution in [-0.4, -0.2) is 61.5 Å². The van der Waals surface area contributed by atoms with E-state index < -0.39 is 0 Å². The van der Waals surface area contributed by atoms with Gasteiger partial charge in [0.1, 0.15) is 6.61 Å². The molecule has 0 aromatic heterocycles. The lowest BCUT2D eigenvalue weighted by Gasteiger charge is -2.34. The number of amides is 2. The number of carbonyl (C=O) groups is 2. The van der Waals surface area contributed by atoms with Crippen molar-refractivity contribution in [3.05, 3.63) is 33.3 Å². The smallest absolute Gasteiger partial charge is 0.255 e. The summed E-state index contributed by atoms with van der Waals surface area (Å²) in [5, 5.41) is 0.417. The highest BCUT2D eigenvalue weighted by Crippen LogP contribution is 2.27. The summed E-state index contributed by atoms with van der Waals surface area (Å²) >= 11 is 9.47. The Bertz CT molecular complexity index is 545. The minimum absolute atomic E-state index is 0.0508. The van der Waals surface area contributed by atoms with E-state index in [1.54, 1.807) is 28.0 Å². The number of halogens is 2. The van der Waals surface area contributed by atoms with Gasteiger partial charge in [-0.1, -0.05) is 17.7 Å². The fourth-order valence-corrected chi connectivity index (χ4v) is 2.79. The quantitative estimate of drug-likeness (QED) is 0.812. The van der Waals surface area contributed by atoms with Crippen molar-refractivity contribution in [3.8, 4) is 0 Å². The van der Waals surface area contributed by atoms with E-state index in [0.29, 0.717) is 41.2 Å². The number of rotatable bonds is 3. The van der Waals surface area contributed by atoms with Crippen LogP contribution < -0.4 is 0 Å². The second-order valence-electron chi connectivity index (χ2n) is 4.71. The average Bonchev–Trinajstić information content (AvgIpc) is 2.50. The van der Waals surface area contributed by atoms with Crippen LogP contribution in [0.15, 0.2) is 22.7 Å². The Morgan fingerprint density at radius 3 is 2.48 bits per heavy atom. The molecule has 7 heteroatoms. The summed E-state index contributed by atoms with van der Waals surface area (Å²) in [5.41, 5.74) is 0.475. The van der Waals surface area contributed by atoms with Gasteiger partial charge in [-0.3, -0.25) is 9.59 Å². The van der Waals surface area contributed by atoms with Crippen LogP contribution >= 0.6 is 27.5 Å². The molecule has 0 N–H and O–H groups in total. The molecule has 0 aliphatic carbocycles. The predicted octanol–water partition coefficient (Wildman–Crippen LogP) is 2.03. The minimum atomic E-state index is -0.111. The molecule has 0 radical (unpaired) electrons. The number of ether oxygens (including phenoxy) is 1. The molecule has 0 spiro atoms. The van der Waals surface area contributed by atoms with Crippen LogP contribution in [0.1, 0.15) is 10.4 Å². The van der Waals surface area contributed by atoms with Gasteiger partial charge in [-0.25, -0.2) is 0 Å². The summed E-state index contributed by atoms with van der Waals surface area (Å²) in [5.74, 6) is -0.162. The van der Waals surface area contributed by atoms with Crippen LogP contribution in [0.5, 0.6) is 0 Å². The molecule has 2 rings (SSSR count). The van der Waals surface area contributed by atoms with E-state index in [1.807, 2.05) is 0 Å². The van der Waals surface area contributed by atoms with Crippen LogP contribution in [0, 0.1) is 0 Å². The third kappa shape index (κ3) is 3.75. The molecule has 21 heavy (non-hydrogen) atoms. The highest BCUT2D eigenvalue weighted by Gasteiger charge is 2.26. The van der Waals surface area contributed by atoms with E-state index in [4.69, 9.17) is 16.3 Å². The molecule has 0 bridgehead atoms. The molecule has 1 aliphatic rings. The van der Waals surface area contributed by atoms with Gasteiger partial charge in [0.2, 0.25) is 5.91 Å². The maximum atomic E-state index is 12.5. The number of hydrogen-bond acceptors (Lipinski definition) is 3. The number of benzene rings is 1. The molecular formula is C14H16BrClN2O3. The minimum Gasteiger partial charge on any atom is -0.375 e. The second-order valence-corrected chi connectivity index (χ2v) is 5.94. The first-order valence-electron chi connectivity index (χ1n) is 6.54. The number of piperazine rings is 1. The number of hydrogen-bond donors (Lipinski definition) is 0. The Balaban J connectivity index is 2.00. The van der Waals surface area contributed by atoms with Crippen LogP contribution in [0.2, 0.25) is 5.02 Å². The third-order valence-corrected chi connectivity index (χ3v) is 4.67. The van der Waals surface area contributed by atoms with Gasteiger partial charge in [0.05, 0.1) is 10.6 Å². The molecule has 2 amide bonds. The zero-order valence-corrected chi connectivity index (χ0v) is 14.0. The lowest BCUT2D eigenvalue weighted by Crippen LogP contribution is -2.51. The summed E-state index contributed by atoms with van der Waals surface area (Å²) in [4.78, 5) is 27.6. The maximum Gasteiger partial charge on any atom is 0.255 e. The average molecular weight is 376 g/mol. The number of nitrogens with zero attached hydrogens (tertiary/aromatic N) is 2. The normalized spacial score (nSPS) is 15.2. The fraction of sp³-hybridized carbons (Fsp3) is 0.429. The Morgan fingerprint density at radius 1 is 1.24 bits per heavy atom. The van der Waals surface area contributed by atoms with Crippen molar-refractivity contribution in [2.45, 2.75) is 0 Å². The summed E-state index contributed by atoms with van der Waals surface area (Å²) in [6, 6.07) is 5.28. The van der Waals surface area contributed by atoms with Crippen molar-refractivity contribution in [1.29, 1.82) is 0 Å². The monoisotopic (exact) mass is 374 g/mol. The molecule has 1 aromatic carbocycles. The van der Waals surface area contributed by atoms with E-state index in [0.717, 1.165) is 0 Å². The van der Waals surface area contributed by atoms with Crippen molar-refractivity contribution in [2.24, 2.45) is 0 Å². The number of carbonyl (C=O) groups excluding carboxylic acids is 2. The van der Waals surface area contributed by atoms with Crippen molar-refractivity contribution in [2.75, 3.05) is 39.9 Å². The molecule has 1 saturated heterocycles. The van der Waals surface area contributed by atoms with Gasteiger partial charge >= 0.3 is 0 Å². The van der Waals surface area contributed by atoms with Gasteiger partial charge in [-0.15, -0.1) is 0 Å². The van der Waals surface area contributed by atoms with Crippen molar-refractivity contribution < 1.29 is 14.3 Å². The van der Waals surface area contributed by atoms with E-state index in [2.05, 4.69) is 15.9 Å². The molecule has 114 valence electrons. The first-order valence-corrected chi connectivity index (χ1v) is 7.71. The van der Waals surface area contributed by atoms with E-state index in [1.165, 1.54) is 7.11 Å². The molecule has 1 aromatic rings. The third-order valence-electron chi connectivity index (χ3n) is 3.37. The van der Waals surface area contributed by atoms with Gasteiger partial charge < -0.3 is 14.5 Å². The molecular weight excluding hydrogens is 360 g/mol. The van der Waals surface area contributed by atoms with Gasteiger partial charge in [0, 0.05) is 37.8 Å². The van der Waals surface area contributed by atoms with Crippen LogP contribution in [0.25, 0.3) is 0 Å². The first-order chi connectivity index (χ1) is 10.0. The van der Waals surface area contributed by atoms with Gasteiger partial charge in [0.25, 0.3) is 5.91 Å². The Hall–Kier alpha value is -1.11. The van der Waals surface area contributed by atoms with Gasteiger partial charge in [-0.05, 0) is 28.1 Å². The maximum absolute atomic E-state index is 12.5. The lowest BCUT2D eigenvalue weighted by atomic mass is 10.2. The molecule has 1 aliphatic heterocycles. The predicted molar refractivity (Wildman–Crippen MR) is 83.5 cm³/mol. The topological polar surface area (TPSA) is 49.9 Å². The van der Waals surface area contributed by atoms with E-state index in [-0.39, 0.29) is 18.4 Å². The zero-order valence-electron chi connectivity index (χ0n) is 11.6. The van der Waals surface area contributed by atoms with Crippen LogP contribution in [-0.2, 0) is 9.53 Å². The lowest BCUT2D eigenvalue weighted by molar-refractivity contribution is -0.136.